The average Bonchev–Trinajstić information content (AvgIpc) is 2.51. The van der Waals surface area contributed by atoms with Crippen LogP contribution in [-0.4, -0.2) is 12.4 Å². The maximum atomic E-state index is 12.3. The van der Waals surface area contributed by atoms with Crippen LogP contribution in [0.5, 0.6) is 0 Å². The second-order valence-corrected chi connectivity index (χ2v) is 4.56. The molecule has 0 radical (unpaired) electrons. The molecule has 1 aromatic rings. The van der Waals surface area contributed by atoms with Gasteiger partial charge in [-0.25, -0.2) is 0 Å². The van der Waals surface area contributed by atoms with Crippen LogP contribution < -0.4 is 0 Å². The highest BCUT2D eigenvalue weighted by Gasteiger charge is 2.12. The minimum atomic E-state index is -0.246. The largest absolute Gasteiger partial charge is 0.490 e. The lowest BCUT2D eigenvalue weighted by Gasteiger charge is -2.05. The molecule has 0 aliphatic heterocycles. The van der Waals surface area contributed by atoms with Crippen LogP contribution in [0.15, 0.2) is 48.2 Å². The zero-order valence-electron chi connectivity index (χ0n) is 12.8. The second kappa shape index (κ2) is 9.61. The minimum Gasteiger partial charge on any atom is -0.490 e. The summed E-state index contributed by atoms with van der Waals surface area (Å²) in [6.07, 6.45) is 4.70. The molecule has 0 unspecified atom stereocenters. The number of hydrogen-bond acceptors (Lipinski definition) is 2. The van der Waals surface area contributed by atoms with Gasteiger partial charge >= 0.3 is 0 Å². The Hall–Kier alpha value is -2.27. The first kappa shape index (κ1) is 16.8. The molecule has 0 bridgehead atoms. The third-order valence-corrected chi connectivity index (χ3v) is 2.81. The number of rotatable bonds is 7. The molecular weight excluding hydrogens is 260 g/mol. The molecular formula is C19H22O2. The molecule has 0 fully saturated rings. The second-order valence-electron chi connectivity index (χ2n) is 4.56. The molecule has 1 rings (SSSR count). The van der Waals surface area contributed by atoms with Gasteiger partial charge in [0.25, 0.3) is 0 Å². The summed E-state index contributed by atoms with van der Waals surface area (Å²) in [5.74, 6) is 5.91. The first-order chi connectivity index (χ1) is 10.2. The summed E-state index contributed by atoms with van der Waals surface area (Å²) in [4.78, 5) is 12.3. The van der Waals surface area contributed by atoms with E-state index in [1.54, 1.807) is 6.08 Å². The SMILES string of the molecule is C=C(OCC)C(=O)/C(C#CCCCC)=C\c1ccccc1. The molecule has 0 aliphatic rings. The van der Waals surface area contributed by atoms with E-state index in [9.17, 15) is 4.79 Å². The fourth-order valence-corrected chi connectivity index (χ4v) is 1.69. The highest BCUT2D eigenvalue weighted by molar-refractivity contribution is 6.12. The number of carbonyl (C=O) groups is 1. The van der Waals surface area contributed by atoms with Crippen LogP contribution >= 0.6 is 0 Å². The number of ether oxygens (including phenoxy) is 1. The van der Waals surface area contributed by atoms with E-state index in [1.807, 2.05) is 37.3 Å². The summed E-state index contributed by atoms with van der Waals surface area (Å²) < 4.78 is 5.20. The lowest BCUT2D eigenvalue weighted by Crippen LogP contribution is -2.07. The molecule has 0 saturated carbocycles. The first-order valence-corrected chi connectivity index (χ1v) is 7.31. The number of unbranched alkanes of at least 4 members (excludes halogenated alkanes) is 2. The Morgan fingerprint density at radius 2 is 2.00 bits per heavy atom. The summed E-state index contributed by atoms with van der Waals surface area (Å²) >= 11 is 0. The van der Waals surface area contributed by atoms with Gasteiger partial charge in [-0.1, -0.05) is 62.1 Å². The van der Waals surface area contributed by atoms with Crippen LogP contribution in [0.25, 0.3) is 6.08 Å². The molecule has 2 heteroatoms. The zero-order valence-corrected chi connectivity index (χ0v) is 12.8. The van der Waals surface area contributed by atoms with E-state index >= 15 is 0 Å². The number of allylic oxidation sites excluding steroid dienone is 1. The molecule has 2 nitrogen and oxygen atoms in total. The van der Waals surface area contributed by atoms with Gasteiger partial charge in [0.15, 0.2) is 5.76 Å². The summed E-state index contributed by atoms with van der Waals surface area (Å²) in [5.41, 5.74) is 1.37. The molecule has 0 spiro atoms. The number of Topliss-reactive ketones (excluding diaryl/α,β-unsaturated/α-hetero) is 1. The van der Waals surface area contributed by atoms with Crippen LogP contribution in [0.4, 0.5) is 0 Å². The first-order valence-electron chi connectivity index (χ1n) is 7.31. The van der Waals surface area contributed by atoms with E-state index in [2.05, 4.69) is 25.3 Å². The molecule has 0 N–H and O–H groups in total. The Bertz CT molecular complexity index is 556. The van der Waals surface area contributed by atoms with E-state index < -0.39 is 0 Å². The van der Waals surface area contributed by atoms with E-state index in [-0.39, 0.29) is 11.5 Å². The van der Waals surface area contributed by atoms with Crippen LogP contribution in [0.1, 0.15) is 38.7 Å². The van der Waals surface area contributed by atoms with Crippen molar-refractivity contribution < 1.29 is 9.53 Å². The average molecular weight is 282 g/mol. The molecule has 0 atom stereocenters. The molecule has 1 aromatic carbocycles. The van der Waals surface area contributed by atoms with Crippen molar-refractivity contribution in [2.24, 2.45) is 0 Å². The minimum absolute atomic E-state index is 0.143. The molecule has 0 heterocycles. The maximum Gasteiger partial charge on any atom is 0.235 e. The monoisotopic (exact) mass is 282 g/mol. The fourth-order valence-electron chi connectivity index (χ4n) is 1.69. The van der Waals surface area contributed by atoms with Gasteiger partial charge in [-0.05, 0) is 25.0 Å². The molecule has 0 aromatic heterocycles. The summed E-state index contributed by atoms with van der Waals surface area (Å²) in [6, 6.07) is 9.66. The molecule has 110 valence electrons. The van der Waals surface area contributed by atoms with Crippen molar-refractivity contribution in [1.82, 2.24) is 0 Å². The van der Waals surface area contributed by atoms with Gasteiger partial charge in [-0.2, -0.15) is 0 Å². The predicted octanol–water partition coefficient (Wildman–Crippen LogP) is 4.38. The third kappa shape index (κ3) is 6.14. The van der Waals surface area contributed by atoms with Gasteiger partial charge < -0.3 is 4.74 Å². The zero-order chi connectivity index (χ0) is 15.5. The van der Waals surface area contributed by atoms with Crippen molar-refractivity contribution >= 4 is 11.9 Å². The summed E-state index contributed by atoms with van der Waals surface area (Å²) in [6.45, 7) is 8.03. The lowest BCUT2D eigenvalue weighted by molar-refractivity contribution is -0.114. The van der Waals surface area contributed by atoms with Crippen molar-refractivity contribution in [3.8, 4) is 11.8 Å². The van der Waals surface area contributed by atoms with Gasteiger partial charge in [0.2, 0.25) is 5.78 Å². The van der Waals surface area contributed by atoms with E-state index in [1.165, 1.54) is 0 Å². The Labute approximate surface area is 127 Å². The normalized spacial score (nSPS) is 10.5. The van der Waals surface area contributed by atoms with Crippen molar-refractivity contribution in [3.63, 3.8) is 0 Å². The van der Waals surface area contributed by atoms with Crippen molar-refractivity contribution in [3.05, 3.63) is 53.8 Å². The standard InChI is InChI=1S/C19H22O2/c1-4-6-7-11-14-18(19(20)16(3)21-5-2)15-17-12-9-8-10-13-17/h8-10,12-13,15H,3-7H2,1-2H3/b18-15-. The van der Waals surface area contributed by atoms with Gasteiger partial charge in [-0.3, -0.25) is 4.79 Å². The highest BCUT2D eigenvalue weighted by Crippen LogP contribution is 2.11. The summed E-state index contributed by atoms with van der Waals surface area (Å²) in [7, 11) is 0. The molecule has 0 saturated heterocycles. The molecule has 21 heavy (non-hydrogen) atoms. The van der Waals surface area contributed by atoms with Crippen LogP contribution in [-0.2, 0) is 9.53 Å². The Morgan fingerprint density at radius 3 is 2.62 bits per heavy atom. The number of ketones is 1. The lowest BCUT2D eigenvalue weighted by atomic mass is 10.1. The third-order valence-electron chi connectivity index (χ3n) is 2.81. The number of hydrogen-bond donors (Lipinski definition) is 0. The number of benzene rings is 1. The topological polar surface area (TPSA) is 26.3 Å². The van der Waals surface area contributed by atoms with Crippen LogP contribution in [0.3, 0.4) is 0 Å². The van der Waals surface area contributed by atoms with Gasteiger partial charge in [0.1, 0.15) is 0 Å². The molecule has 0 aliphatic carbocycles. The Balaban J connectivity index is 2.99. The predicted molar refractivity (Wildman–Crippen MR) is 87.5 cm³/mol. The van der Waals surface area contributed by atoms with E-state index in [4.69, 9.17) is 4.74 Å². The Kier molecular flexibility index (Phi) is 7.68. The maximum absolute atomic E-state index is 12.3. The molecule has 0 amide bonds. The van der Waals surface area contributed by atoms with E-state index in [0.29, 0.717) is 12.2 Å². The van der Waals surface area contributed by atoms with Crippen molar-refractivity contribution in [2.75, 3.05) is 6.61 Å². The van der Waals surface area contributed by atoms with Crippen molar-refractivity contribution in [1.29, 1.82) is 0 Å². The van der Waals surface area contributed by atoms with Crippen LogP contribution in [0, 0.1) is 11.8 Å². The Morgan fingerprint density at radius 1 is 1.29 bits per heavy atom. The van der Waals surface area contributed by atoms with Gasteiger partial charge in [0, 0.05) is 6.42 Å². The fraction of sp³-hybridized carbons (Fsp3) is 0.316. The van der Waals surface area contributed by atoms with Crippen molar-refractivity contribution in [2.45, 2.75) is 33.1 Å². The van der Waals surface area contributed by atoms with E-state index in [0.717, 1.165) is 24.8 Å². The quantitative estimate of drug-likeness (QED) is 0.321. The summed E-state index contributed by atoms with van der Waals surface area (Å²) in [5, 5.41) is 0. The van der Waals surface area contributed by atoms with Gasteiger partial charge in [0.05, 0.1) is 12.2 Å². The van der Waals surface area contributed by atoms with Gasteiger partial charge in [-0.15, -0.1) is 0 Å². The smallest absolute Gasteiger partial charge is 0.235 e. The van der Waals surface area contributed by atoms with Crippen LogP contribution in [0.2, 0.25) is 0 Å². The highest BCUT2D eigenvalue weighted by atomic mass is 16.5. The number of carbonyl (C=O) groups excluding carboxylic acids is 1.